The van der Waals surface area contributed by atoms with E-state index in [0.29, 0.717) is 47.2 Å². The largest absolute Gasteiger partial charge is 0.463 e. The highest BCUT2D eigenvalue weighted by Crippen LogP contribution is 2.54. The number of benzene rings is 1. The van der Waals surface area contributed by atoms with Crippen LogP contribution in [-0.2, 0) is 19.4 Å². The monoisotopic (exact) mass is 490 g/mol. The number of carbonyl (C=O) groups is 1. The molecule has 0 N–H and O–H groups in total. The Hall–Kier alpha value is -1.62. The number of hydrogen-bond acceptors (Lipinski definition) is 4. The Bertz CT molecular complexity index is 929. The minimum Gasteiger partial charge on any atom is -0.463 e. The molecule has 34 heavy (non-hydrogen) atoms. The highest BCUT2D eigenvalue weighted by Gasteiger charge is 2.44. The molecule has 4 atom stereocenters. The smallest absolute Gasteiger partial charge is 0.333 e. The van der Waals surface area contributed by atoms with E-state index in [0.717, 1.165) is 24.8 Å². The minimum absolute atomic E-state index is 0.163. The second kappa shape index (κ2) is 12.4. The van der Waals surface area contributed by atoms with Crippen LogP contribution in [-0.4, -0.2) is 26.7 Å². The first-order valence-electron chi connectivity index (χ1n) is 13.0. The van der Waals surface area contributed by atoms with Crippen molar-refractivity contribution in [1.29, 1.82) is 0 Å². The fraction of sp³-hybridized carbons (Fsp3) is 0.690. The van der Waals surface area contributed by atoms with E-state index in [9.17, 15) is 13.2 Å². The summed E-state index contributed by atoms with van der Waals surface area (Å²) in [5.41, 5.74) is 1.93. The molecule has 5 heteroatoms. The lowest BCUT2D eigenvalue weighted by Gasteiger charge is -2.36. The number of aryl methyl sites for hydroxylation is 1. The average Bonchev–Trinajstić information content (AvgIpc) is 3.12. The van der Waals surface area contributed by atoms with Gasteiger partial charge in [-0.2, -0.15) is 0 Å². The topological polar surface area (TPSA) is 60.4 Å². The molecule has 0 spiro atoms. The van der Waals surface area contributed by atoms with Gasteiger partial charge in [-0.05, 0) is 94.1 Å². The van der Waals surface area contributed by atoms with Gasteiger partial charge in [-0.1, -0.05) is 57.9 Å². The second-order valence-corrected chi connectivity index (χ2v) is 13.2. The summed E-state index contributed by atoms with van der Waals surface area (Å²) in [5, 5.41) is 0. The lowest BCUT2D eigenvalue weighted by Crippen LogP contribution is -2.28. The van der Waals surface area contributed by atoms with Crippen LogP contribution >= 0.6 is 0 Å². The fourth-order valence-electron chi connectivity index (χ4n) is 5.56. The summed E-state index contributed by atoms with van der Waals surface area (Å²) in [6.07, 6.45) is 8.19. The van der Waals surface area contributed by atoms with E-state index in [1.165, 1.54) is 12.8 Å². The molecular weight excluding hydrogens is 444 g/mol. The van der Waals surface area contributed by atoms with Gasteiger partial charge in [0, 0.05) is 5.57 Å². The maximum atomic E-state index is 12.8. The second-order valence-electron chi connectivity index (χ2n) is 11.1. The van der Waals surface area contributed by atoms with Crippen LogP contribution in [0.3, 0.4) is 0 Å². The first kappa shape index (κ1) is 28.6. The lowest BCUT2D eigenvalue weighted by atomic mass is 9.69. The molecule has 0 heterocycles. The Kier molecular flexibility index (Phi) is 10.4. The van der Waals surface area contributed by atoms with E-state index in [2.05, 4.69) is 33.8 Å². The summed E-state index contributed by atoms with van der Waals surface area (Å²) in [5.74, 6) is 2.21. The van der Waals surface area contributed by atoms with Crippen LogP contribution in [0.25, 0.3) is 0 Å². The van der Waals surface area contributed by atoms with E-state index in [1.807, 2.05) is 32.9 Å². The van der Waals surface area contributed by atoms with Gasteiger partial charge in [-0.25, -0.2) is 13.2 Å². The molecule has 0 unspecified atom stereocenters. The van der Waals surface area contributed by atoms with E-state index in [1.54, 1.807) is 12.1 Å². The summed E-state index contributed by atoms with van der Waals surface area (Å²) in [6.45, 7) is 15.3. The van der Waals surface area contributed by atoms with Crippen LogP contribution in [0, 0.1) is 36.0 Å². The first-order valence-corrected chi connectivity index (χ1v) is 14.7. The third-order valence-corrected chi connectivity index (χ3v) is 9.78. The summed E-state index contributed by atoms with van der Waals surface area (Å²) >= 11 is 0. The molecule has 1 aromatic rings. The zero-order chi connectivity index (χ0) is 25.5. The van der Waals surface area contributed by atoms with E-state index >= 15 is 0 Å². The van der Waals surface area contributed by atoms with Crippen LogP contribution in [0.4, 0.5) is 0 Å². The Morgan fingerprint density at radius 1 is 1.18 bits per heavy atom. The molecule has 0 aromatic heterocycles. The third-order valence-electron chi connectivity index (χ3n) is 8.02. The highest BCUT2D eigenvalue weighted by atomic mass is 32.2. The number of ether oxygens (including phenoxy) is 1. The number of hydrogen-bond donors (Lipinski definition) is 0. The quantitative estimate of drug-likeness (QED) is 0.230. The highest BCUT2D eigenvalue weighted by molar-refractivity contribution is 7.91. The number of sulfone groups is 1. The number of allylic oxidation sites excluding steroid dienone is 1. The SMILES string of the molecule is CCOC(=O)/C(C)=C/C[C@@]1(C)CC[C@H](C(C)C)[C@@H]1CC[C@H](C)CCS(=O)(=O)c1ccc(C)cc1. The molecule has 1 fully saturated rings. The molecule has 1 aliphatic rings. The van der Waals surface area contributed by atoms with Gasteiger partial charge in [-0.3, -0.25) is 0 Å². The zero-order valence-electron chi connectivity index (χ0n) is 22.4. The lowest BCUT2D eigenvalue weighted by molar-refractivity contribution is -0.138. The number of rotatable bonds is 12. The summed E-state index contributed by atoms with van der Waals surface area (Å²) in [7, 11) is -3.24. The minimum atomic E-state index is -3.24. The predicted octanol–water partition coefficient (Wildman–Crippen LogP) is 7.16. The molecule has 4 nitrogen and oxygen atoms in total. The molecule has 1 saturated carbocycles. The maximum absolute atomic E-state index is 12.8. The number of carbonyl (C=O) groups excluding carboxylic acids is 1. The van der Waals surface area contributed by atoms with Gasteiger partial charge >= 0.3 is 5.97 Å². The molecule has 0 amide bonds. The van der Waals surface area contributed by atoms with Crippen molar-refractivity contribution in [3.63, 3.8) is 0 Å². The Labute approximate surface area is 208 Å². The Balaban J connectivity index is 2.01. The van der Waals surface area contributed by atoms with E-state index in [-0.39, 0.29) is 17.1 Å². The molecule has 1 aliphatic carbocycles. The average molecular weight is 491 g/mol. The third kappa shape index (κ3) is 7.69. The molecule has 2 rings (SSSR count). The van der Waals surface area contributed by atoms with Crippen molar-refractivity contribution < 1.29 is 17.9 Å². The molecule has 0 aliphatic heterocycles. The first-order chi connectivity index (χ1) is 15.9. The van der Waals surface area contributed by atoms with Gasteiger partial charge < -0.3 is 4.74 Å². The van der Waals surface area contributed by atoms with Crippen molar-refractivity contribution in [3.8, 4) is 0 Å². The summed E-state index contributed by atoms with van der Waals surface area (Å²) in [4.78, 5) is 12.5. The van der Waals surface area contributed by atoms with Gasteiger partial charge in [0.05, 0.1) is 17.3 Å². The van der Waals surface area contributed by atoms with Crippen LogP contribution in [0.5, 0.6) is 0 Å². The summed E-state index contributed by atoms with van der Waals surface area (Å²) in [6, 6.07) is 7.17. The van der Waals surface area contributed by atoms with E-state index < -0.39 is 9.84 Å². The zero-order valence-corrected chi connectivity index (χ0v) is 23.2. The molecular formula is C29H46O4S. The Morgan fingerprint density at radius 3 is 2.41 bits per heavy atom. The number of esters is 1. The molecule has 0 bridgehead atoms. The van der Waals surface area contributed by atoms with Crippen molar-refractivity contribution in [3.05, 3.63) is 41.5 Å². The van der Waals surface area contributed by atoms with Crippen molar-refractivity contribution in [2.45, 2.75) is 91.9 Å². The van der Waals surface area contributed by atoms with Crippen LogP contribution in [0.1, 0.15) is 85.6 Å². The molecule has 192 valence electrons. The van der Waals surface area contributed by atoms with Gasteiger partial charge in [0.15, 0.2) is 9.84 Å². The molecule has 1 aromatic carbocycles. The van der Waals surface area contributed by atoms with Crippen LogP contribution in [0.2, 0.25) is 0 Å². The fourth-order valence-corrected chi connectivity index (χ4v) is 7.06. The van der Waals surface area contributed by atoms with Gasteiger partial charge in [0.25, 0.3) is 0 Å². The van der Waals surface area contributed by atoms with Crippen molar-refractivity contribution in [1.82, 2.24) is 0 Å². The summed E-state index contributed by atoms with van der Waals surface area (Å²) < 4.78 is 30.7. The van der Waals surface area contributed by atoms with Gasteiger partial charge in [0.1, 0.15) is 0 Å². The van der Waals surface area contributed by atoms with Gasteiger partial charge in [0.2, 0.25) is 0 Å². The Morgan fingerprint density at radius 2 is 1.82 bits per heavy atom. The standard InChI is InChI=1S/C29H46O4S/c1-8-33-28(30)24(6)15-18-29(7)19-16-26(21(2)3)27(29)14-11-23(5)17-20-34(31,32)25-12-9-22(4)10-13-25/h9-10,12-13,15,21,23,26-27H,8,11,14,16-20H2,1-7H3/b24-15+/t23-,26+,27-,29-/m0/s1. The van der Waals surface area contributed by atoms with Crippen LogP contribution < -0.4 is 0 Å². The van der Waals surface area contributed by atoms with E-state index in [4.69, 9.17) is 4.74 Å². The van der Waals surface area contributed by atoms with Crippen molar-refractivity contribution in [2.24, 2.45) is 29.1 Å². The van der Waals surface area contributed by atoms with Crippen molar-refractivity contribution in [2.75, 3.05) is 12.4 Å². The predicted molar refractivity (Wildman–Crippen MR) is 140 cm³/mol. The van der Waals surface area contributed by atoms with Crippen LogP contribution in [0.15, 0.2) is 40.8 Å². The molecule has 0 saturated heterocycles. The van der Waals surface area contributed by atoms with Gasteiger partial charge in [-0.15, -0.1) is 0 Å². The maximum Gasteiger partial charge on any atom is 0.333 e. The molecule has 0 radical (unpaired) electrons. The normalized spacial score (nSPS) is 24.4. The van der Waals surface area contributed by atoms with Crippen molar-refractivity contribution >= 4 is 15.8 Å².